The second-order valence-electron chi connectivity index (χ2n) is 13.3. The van der Waals surface area contributed by atoms with Crippen LogP contribution in [-0.4, -0.2) is 0 Å². The molecule has 1 nitrogen and oxygen atoms in total. The van der Waals surface area contributed by atoms with Gasteiger partial charge in [-0.15, -0.1) is 0 Å². The van der Waals surface area contributed by atoms with E-state index in [1.54, 1.807) is 0 Å². The quantitative estimate of drug-likeness (QED) is 0.155. The molecule has 0 fully saturated rings. The summed E-state index contributed by atoms with van der Waals surface area (Å²) >= 11 is 0. The van der Waals surface area contributed by atoms with Gasteiger partial charge in [0, 0.05) is 17.1 Å². The summed E-state index contributed by atoms with van der Waals surface area (Å²) in [5.74, 6) is 0. The maximum Gasteiger partial charge on any atom is 0.0468 e. The number of hydrogen-bond acceptors (Lipinski definition) is 1. The first-order chi connectivity index (χ1) is 26.3. The molecule has 53 heavy (non-hydrogen) atoms. The van der Waals surface area contributed by atoms with Crippen LogP contribution in [0.4, 0.5) is 17.1 Å². The SMILES string of the molecule is c1ccc(-c2ccc(N(c3cccc(-c4cccc(-c5ccccc5)c4-c4ccccc4-c4ccccc4)c3)c3ccc4ccccc4c3)cc2)cc1. The van der Waals surface area contributed by atoms with Crippen LogP contribution in [0, 0.1) is 0 Å². The summed E-state index contributed by atoms with van der Waals surface area (Å²) in [6.45, 7) is 0. The Kier molecular flexibility index (Phi) is 8.66. The summed E-state index contributed by atoms with van der Waals surface area (Å²) in [5.41, 5.74) is 15.3. The molecule has 0 bridgehead atoms. The number of benzene rings is 9. The van der Waals surface area contributed by atoms with E-state index in [2.05, 4.69) is 229 Å². The van der Waals surface area contributed by atoms with Crippen molar-refractivity contribution in [1.82, 2.24) is 0 Å². The topological polar surface area (TPSA) is 3.24 Å². The zero-order valence-electron chi connectivity index (χ0n) is 29.3. The molecule has 1 heteroatoms. The van der Waals surface area contributed by atoms with E-state index in [1.165, 1.54) is 60.8 Å². The van der Waals surface area contributed by atoms with Crippen LogP contribution in [-0.2, 0) is 0 Å². The maximum absolute atomic E-state index is 2.38. The van der Waals surface area contributed by atoms with Gasteiger partial charge in [-0.1, -0.05) is 188 Å². The van der Waals surface area contributed by atoms with Gasteiger partial charge in [0.2, 0.25) is 0 Å². The zero-order valence-corrected chi connectivity index (χ0v) is 29.3. The molecule has 0 unspecified atom stereocenters. The number of nitrogens with zero attached hydrogens (tertiary/aromatic N) is 1. The first-order valence-electron chi connectivity index (χ1n) is 18.2. The van der Waals surface area contributed by atoms with Crippen LogP contribution >= 0.6 is 0 Å². The Balaban J connectivity index is 1.23. The molecule has 0 saturated heterocycles. The maximum atomic E-state index is 2.38. The van der Waals surface area contributed by atoms with Crippen molar-refractivity contribution in [2.45, 2.75) is 0 Å². The van der Waals surface area contributed by atoms with Gasteiger partial charge < -0.3 is 4.90 Å². The Morgan fingerprint density at radius 1 is 0.226 bits per heavy atom. The molecule has 9 aromatic carbocycles. The van der Waals surface area contributed by atoms with Crippen molar-refractivity contribution in [2.75, 3.05) is 4.90 Å². The predicted octanol–water partition coefficient (Wildman–Crippen LogP) is 14.6. The van der Waals surface area contributed by atoms with E-state index in [-0.39, 0.29) is 0 Å². The minimum absolute atomic E-state index is 1.10. The Labute approximate surface area is 311 Å². The van der Waals surface area contributed by atoms with Crippen LogP contribution in [0.15, 0.2) is 224 Å². The lowest BCUT2D eigenvalue weighted by Gasteiger charge is -2.27. The highest BCUT2D eigenvalue weighted by Crippen LogP contribution is 2.45. The van der Waals surface area contributed by atoms with Crippen molar-refractivity contribution in [1.29, 1.82) is 0 Å². The summed E-state index contributed by atoms with van der Waals surface area (Å²) in [7, 11) is 0. The van der Waals surface area contributed by atoms with E-state index in [0.717, 1.165) is 22.6 Å². The molecule has 0 amide bonds. The van der Waals surface area contributed by atoms with E-state index < -0.39 is 0 Å². The van der Waals surface area contributed by atoms with Crippen molar-refractivity contribution in [2.24, 2.45) is 0 Å². The van der Waals surface area contributed by atoms with Gasteiger partial charge in [0.1, 0.15) is 0 Å². The lowest BCUT2D eigenvalue weighted by Crippen LogP contribution is -2.10. The number of anilines is 3. The van der Waals surface area contributed by atoms with Gasteiger partial charge in [-0.25, -0.2) is 0 Å². The van der Waals surface area contributed by atoms with Gasteiger partial charge in [0.25, 0.3) is 0 Å². The van der Waals surface area contributed by atoms with Crippen LogP contribution in [0.25, 0.3) is 66.4 Å². The second kappa shape index (κ2) is 14.3. The highest BCUT2D eigenvalue weighted by atomic mass is 15.1. The lowest BCUT2D eigenvalue weighted by atomic mass is 9.84. The monoisotopic (exact) mass is 675 g/mol. The van der Waals surface area contributed by atoms with Crippen LogP contribution in [0.5, 0.6) is 0 Å². The van der Waals surface area contributed by atoms with Crippen molar-refractivity contribution in [3.63, 3.8) is 0 Å². The normalized spacial score (nSPS) is 11.0. The van der Waals surface area contributed by atoms with Crippen molar-refractivity contribution < 1.29 is 0 Å². The van der Waals surface area contributed by atoms with Crippen LogP contribution < -0.4 is 4.90 Å². The van der Waals surface area contributed by atoms with Crippen molar-refractivity contribution in [3.8, 4) is 55.6 Å². The minimum atomic E-state index is 1.10. The number of rotatable bonds is 8. The van der Waals surface area contributed by atoms with Crippen LogP contribution in [0.1, 0.15) is 0 Å². The second-order valence-corrected chi connectivity index (χ2v) is 13.3. The fraction of sp³-hybridized carbons (Fsp3) is 0. The third-order valence-electron chi connectivity index (χ3n) is 10.1. The molecule has 0 radical (unpaired) electrons. The molecule has 0 spiro atoms. The molecule has 0 N–H and O–H groups in total. The standard InChI is InChI=1S/C52H37N/c1-4-16-38(17-5-1)40-30-33-45(34-31-40)53(47-35-32-39-18-10-11-23-43(39)36-47)46-25-14-24-44(37-46)50-29-15-28-49(42-21-8-3-9-22-42)52(50)51-27-13-12-26-48(51)41-19-6-2-7-20-41/h1-37H. The van der Waals surface area contributed by atoms with Crippen LogP contribution in [0.2, 0.25) is 0 Å². The summed E-state index contributed by atoms with van der Waals surface area (Å²) in [5, 5.41) is 2.44. The highest BCUT2D eigenvalue weighted by Gasteiger charge is 2.20. The third kappa shape index (κ3) is 6.42. The van der Waals surface area contributed by atoms with Gasteiger partial charge in [0.05, 0.1) is 0 Å². The average Bonchev–Trinajstić information content (AvgIpc) is 3.25. The predicted molar refractivity (Wildman–Crippen MR) is 226 cm³/mol. The Morgan fingerprint density at radius 3 is 1.38 bits per heavy atom. The van der Waals surface area contributed by atoms with Crippen molar-refractivity contribution in [3.05, 3.63) is 224 Å². The van der Waals surface area contributed by atoms with Gasteiger partial charge >= 0.3 is 0 Å². The highest BCUT2D eigenvalue weighted by molar-refractivity contribution is 6.00. The molecule has 0 aliphatic rings. The molecule has 0 saturated carbocycles. The average molecular weight is 676 g/mol. The van der Waals surface area contributed by atoms with E-state index in [4.69, 9.17) is 0 Å². The Bertz CT molecular complexity index is 2640. The van der Waals surface area contributed by atoms with E-state index in [9.17, 15) is 0 Å². The summed E-state index contributed by atoms with van der Waals surface area (Å²) in [4.78, 5) is 2.38. The van der Waals surface area contributed by atoms with Gasteiger partial charge in [-0.05, 0) is 103 Å². The molecule has 0 aliphatic carbocycles. The minimum Gasteiger partial charge on any atom is -0.310 e. The molecule has 0 aromatic heterocycles. The Hall–Kier alpha value is -6.96. The molecule has 0 atom stereocenters. The first kappa shape index (κ1) is 32.0. The molecule has 0 aliphatic heterocycles. The van der Waals surface area contributed by atoms with Gasteiger partial charge in [0.15, 0.2) is 0 Å². The van der Waals surface area contributed by atoms with Gasteiger partial charge in [-0.3, -0.25) is 0 Å². The first-order valence-corrected chi connectivity index (χ1v) is 18.2. The number of hydrogen-bond donors (Lipinski definition) is 0. The van der Waals surface area contributed by atoms with Gasteiger partial charge in [-0.2, -0.15) is 0 Å². The summed E-state index contributed by atoms with van der Waals surface area (Å²) < 4.78 is 0. The molecular formula is C52H37N. The Morgan fingerprint density at radius 2 is 0.679 bits per heavy atom. The van der Waals surface area contributed by atoms with E-state index in [0.29, 0.717) is 0 Å². The van der Waals surface area contributed by atoms with E-state index in [1.807, 2.05) is 0 Å². The molecule has 250 valence electrons. The van der Waals surface area contributed by atoms with Crippen molar-refractivity contribution >= 4 is 27.8 Å². The molecule has 9 rings (SSSR count). The fourth-order valence-electron chi connectivity index (χ4n) is 7.52. The molecular weight excluding hydrogens is 639 g/mol. The number of fused-ring (bicyclic) bond motifs is 1. The third-order valence-corrected chi connectivity index (χ3v) is 10.1. The smallest absolute Gasteiger partial charge is 0.0468 e. The van der Waals surface area contributed by atoms with E-state index >= 15 is 0 Å². The summed E-state index contributed by atoms with van der Waals surface area (Å²) in [6.07, 6.45) is 0. The molecule has 9 aromatic rings. The fourth-order valence-corrected chi connectivity index (χ4v) is 7.52. The summed E-state index contributed by atoms with van der Waals surface area (Å²) in [6, 6.07) is 80.9. The molecule has 0 heterocycles. The largest absolute Gasteiger partial charge is 0.310 e. The zero-order chi connectivity index (χ0) is 35.4. The lowest BCUT2D eigenvalue weighted by molar-refractivity contribution is 1.29. The van der Waals surface area contributed by atoms with Crippen LogP contribution in [0.3, 0.4) is 0 Å².